The number of hydrogen-bond acceptors (Lipinski definition) is 3. The standard InChI is InChI=1S/C21H19N3O2/c1-14-6-8-15(9-7-14)19-12-17(16-4-2-3-5-18(16)23-19)21(26)24-11-10-22-20(25)13-24/h2-9,12H,10-11,13H2,1H3,(H,22,25). The molecule has 1 saturated heterocycles. The summed E-state index contributed by atoms with van der Waals surface area (Å²) < 4.78 is 0. The summed E-state index contributed by atoms with van der Waals surface area (Å²) in [5, 5.41) is 3.56. The zero-order chi connectivity index (χ0) is 18.1. The summed E-state index contributed by atoms with van der Waals surface area (Å²) in [7, 11) is 0. The average molecular weight is 345 g/mol. The second-order valence-corrected chi connectivity index (χ2v) is 6.51. The minimum atomic E-state index is -0.133. The van der Waals surface area contributed by atoms with Crippen LogP contribution < -0.4 is 5.32 Å². The predicted molar refractivity (Wildman–Crippen MR) is 101 cm³/mol. The Balaban J connectivity index is 1.83. The van der Waals surface area contributed by atoms with E-state index < -0.39 is 0 Å². The molecule has 5 nitrogen and oxygen atoms in total. The highest BCUT2D eigenvalue weighted by molar-refractivity contribution is 6.08. The van der Waals surface area contributed by atoms with Crippen LogP contribution in [0.15, 0.2) is 54.6 Å². The van der Waals surface area contributed by atoms with Gasteiger partial charge in [-0.3, -0.25) is 9.59 Å². The van der Waals surface area contributed by atoms with Crippen molar-refractivity contribution in [3.05, 3.63) is 65.7 Å². The van der Waals surface area contributed by atoms with Crippen LogP contribution in [0.4, 0.5) is 0 Å². The molecule has 1 aliphatic rings. The van der Waals surface area contributed by atoms with Crippen molar-refractivity contribution in [3.8, 4) is 11.3 Å². The minimum Gasteiger partial charge on any atom is -0.353 e. The van der Waals surface area contributed by atoms with Crippen LogP contribution in [0.5, 0.6) is 0 Å². The SMILES string of the molecule is Cc1ccc(-c2cc(C(=O)N3CCNC(=O)C3)c3ccccc3n2)cc1. The molecular formula is C21H19N3O2. The molecule has 2 amide bonds. The molecule has 130 valence electrons. The summed E-state index contributed by atoms with van der Waals surface area (Å²) in [5.74, 6) is -0.256. The Kier molecular flexibility index (Phi) is 4.13. The number of amides is 2. The van der Waals surface area contributed by atoms with Crippen LogP contribution in [0, 0.1) is 6.92 Å². The van der Waals surface area contributed by atoms with Crippen LogP contribution >= 0.6 is 0 Å². The maximum Gasteiger partial charge on any atom is 0.255 e. The fraction of sp³-hybridized carbons (Fsp3) is 0.190. The van der Waals surface area contributed by atoms with Crippen molar-refractivity contribution in [1.29, 1.82) is 0 Å². The van der Waals surface area contributed by atoms with E-state index in [-0.39, 0.29) is 18.4 Å². The number of aromatic nitrogens is 1. The molecule has 2 heterocycles. The van der Waals surface area contributed by atoms with E-state index in [1.54, 1.807) is 4.90 Å². The van der Waals surface area contributed by atoms with E-state index in [0.717, 1.165) is 22.2 Å². The lowest BCUT2D eigenvalue weighted by Gasteiger charge is -2.27. The molecule has 26 heavy (non-hydrogen) atoms. The Bertz CT molecular complexity index is 996. The lowest BCUT2D eigenvalue weighted by atomic mass is 10.0. The predicted octanol–water partition coefficient (Wildman–Crippen LogP) is 2.78. The molecule has 3 aromatic rings. The molecule has 1 N–H and O–H groups in total. The first-order chi connectivity index (χ1) is 12.6. The molecule has 5 heteroatoms. The number of hydrogen-bond donors (Lipinski definition) is 1. The summed E-state index contributed by atoms with van der Waals surface area (Å²) in [6.45, 7) is 3.13. The molecule has 4 rings (SSSR count). The first-order valence-electron chi connectivity index (χ1n) is 8.64. The van der Waals surface area contributed by atoms with Gasteiger partial charge < -0.3 is 10.2 Å². The number of nitrogens with one attached hydrogen (secondary N) is 1. The fourth-order valence-corrected chi connectivity index (χ4v) is 3.21. The fourth-order valence-electron chi connectivity index (χ4n) is 3.21. The zero-order valence-electron chi connectivity index (χ0n) is 14.5. The second-order valence-electron chi connectivity index (χ2n) is 6.51. The molecule has 0 bridgehead atoms. The summed E-state index contributed by atoms with van der Waals surface area (Å²) in [5.41, 5.74) is 4.25. The smallest absolute Gasteiger partial charge is 0.255 e. The molecule has 0 radical (unpaired) electrons. The van der Waals surface area contributed by atoms with Crippen molar-refractivity contribution in [3.63, 3.8) is 0 Å². The van der Waals surface area contributed by atoms with Crippen LogP contribution in [-0.2, 0) is 4.79 Å². The molecule has 1 fully saturated rings. The second kappa shape index (κ2) is 6.59. The molecule has 1 aliphatic heterocycles. The van der Waals surface area contributed by atoms with Crippen LogP contribution in [-0.4, -0.2) is 41.3 Å². The molecule has 0 unspecified atom stereocenters. The van der Waals surface area contributed by atoms with Crippen molar-refractivity contribution >= 4 is 22.7 Å². The van der Waals surface area contributed by atoms with Gasteiger partial charge in [0.1, 0.15) is 0 Å². The lowest BCUT2D eigenvalue weighted by molar-refractivity contribution is -0.123. The molecule has 0 atom stereocenters. The van der Waals surface area contributed by atoms with E-state index in [0.29, 0.717) is 18.7 Å². The van der Waals surface area contributed by atoms with E-state index >= 15 is 0 Å². The van der Waals surface area contributed by atoms with Crippen LogP contribution in [0.3, 0.4) is 0 Å². The normalized spacial score (nSPS) is 14.3. The quantitative estimate of drug-likeness (QED) is 0.777. The molecular weight excluding hydrogens is 326 g/mol. The number of pyridine rings is 1. The van der Waals surface area contributed by atoms with Gasteiger partial charge in [-0.05, 0) is 19.1 Å². The summed E-state index contributed by atoms with van der Waals surface area (Å²) in [4.78, 5) is 31.1. The van der Waals surface area contributed by atoms with Gasteiger partial charge in [0.25, 0.3) is 5.91 Å². The number of aryl methyl sites for hydroxylation is 1. The lowest BCUT2D eigenvalue weighted by Crippen LogP contribution is -2.50. The first kappa shape index (κ1) is 16.3. The van der Waals surface area contributed by atoms with Gasteiger partial charge >= 0.3 is 0 Å². The topological polar surface area (TPSA) is 62.3 Å². The van der Waals surface area contributed by atoms with E-state index in [4.69, 9.17) is 4.98 Å². The van der Waals surface area contributed by atoms with E-state index in [1.807, 2.05) is 61.5 Å². The van der Waals surface area contributed by atoms with Crippen LogP contribution in [0.25, 0.3) is 22.2 Å². The van der Waals surface area contributed by atoms with Gasteiger partial charge in [-0.25, -0.2) is 4.98 Å². The maximum absolute atomic E-state index is 13.1. The number of carbonyl (C=O) groups excluding carboxylic acids is 2. The molecule has 0 saturated carbocycles. The Labute approximate surface area is 151 Å². The number of fused-ring (bicyclic) bond motifs is 1. The van der Waals surface area contributed by atoms with Crippen molar-refractivity contribution in [2.45, 2.75) is 6.92 Å². The third-order valence-electron chi connectivity index (χ3n) is 4.62. The van der Waals surface area contributed by atoms with Gasteiger partial charge in [0, 0.05) is 24.0 Å². The minimum absolute atomic E-state index is 0.0926. The highest BCUT2D eigenvalue weighted by atomic mass is 16.2. The number of rotatable bonds is 2. The van der Waals surface area contributed by atoms with Crippen LogP contribution in [0.2, 0.25) is 0 Å². The van der Waals surface area contributed by atoms with Crippen molar-refractivity contribution in [2.75, 3.05) is 19.6 Å². The Morgan fingerprint density at radius 1 is 1.12 bits per heavy atom. The van der Waals surface area contributed by atoms with Gasteiger partial charge in [-0.1, -0.05) is 48.0 Å². The first-order valence-corrected chi connectivity index (χ1v) is 8.64. The Morgan fingerprint density at radius 3 is 2.65 bits per heavy atom. The number of benzene rings is 2. The number of piperazine rings is 1. The van der Waals surface area contributed by atoms with Crippen molar-refractivity contribution in [2.24, 2.45) is 0 Å². The number of nitrogens with zero attached hydrogens (tertiary/aromatic N) is 2. The largest absolute Gasteiger partial charge is 0.353 e. The van der Waals surface area contributed by atoms with E-state index in [2.05, 4.69) is 5.32 Å². The maximum atomic E-state index is 13.1. The van der Waals surface area contributed by atoms with Gasteiger partial charge in [-0.2, -0.15) is 0 Å². The van der Waals surface area contributed by atoms with Gasteiger partial charge in [0.05, 0.1) is 23.3 Å². The molecule has 2 aromatic carbocycles. The molecule has 0 aliphatic carbocycles. The van der Waals surface area contributed by atoms with Gasteiger partial charge in [-0.15, -0.1) is 0 Å². The highest BCUT2D eigenvalue weighted by Gasteiger charge is 2.24. The van der Waals surface area contributed by atoms with Gasteiger partial charge in [0.2, 0.25) is 5.91 Å². The third kappa shape index (κ3) is 3.04. The van der Waals surface area contributed by atoms with E-state index in [9.17, 15) is 9.59 Å². The average Bonchev–Trinajstić information content (AvgIpc) is 2.67. The third-order valence-corrected chi connectivity index (χ3v) is 4.62. The zero-order valence-corrected chi connectivity index (χ0v) is 14.5. The number of para-hydroxylation sites is 1. The highest BCUT2D eigenvalue weighted by Crippen LogP contribution is 2.26. The Hall–Kier alpha value is -3.21. The van der Waals surface area contributed by atoms with E-state index in [1.165, 1.54) is 5.56 Å². The summed E-state index contributed by atoms with van der Waals surface area (Å²) in [6.07, 6.45) is 0. The number of carbonyl (C=O) groups is 2. The molecule has 0 spiro atoms. The van der Waals surface area contributed by atoms with Gasteiger partial charge in [0.15, 0.2) is 0 Å². The Morgan fingerprint density at radius 2 is 1.88 bits per heavy atom. The van der Waals surface area contributed by atoms with Crippen molar-refractivity contribution in [1.82, 2.24) is 15.2 Å². The molecule has 1 aromatic heterocycles. The summed E-state index contributed by atoms with van der Waals surface area (Å²) >= 11 is 0. The monoisotopic (exact) mass is 345 g/mol. The van der Waals surface area contributed by atoms with Crippen molar-refractivity contribution < 1.29 is 9.59 Å². The summed E-state index contributed by atoms with van der Waals surface area (Å²) in [6, 6.07) is 17.5. The van der Waals surface area contributed by atoms with Crippen LogP contribution in [0.1, 0.15) is 15.9 Å².